The van der Waals surface area contributed by atoms with Crippen LogP contribution in [0.25, 0.3) is 0 Å². The second-order valence-electron chi connectivity index (χ2n) is 5.40. The summed E-state index contributed by atoms with van der Waals surface area (Å²) in [6.45, 7) is 5.26. The van der Waals surface area contributed by atoms with E-state index in [1.807, 2.05) is 0 Å². The molecule has 1 heterocycles. The van der Waals surface area contributed by atoms with E-state index in [9.17, 15) is 9.50 Å². The fourth-order valence-corrected chi connectivity index (χ4v) is 2.32. The summed E-state index contributed by atoms with van der Waals surface area (Å²) in [6, 6.07) is 5.86. The molecule has 106 valence electrons. The van der Waals surface area contributed by atoms with Crippen molar-refractivity contribution in [1.82, 2.24) is 4.90 Å². The number of nitrogens with zero attached hydrogens (tertiary/aromatic N) is 1. The lowest BCUT2D eigenvalue weighted by Gasteiger charge is -2.31. The number of rotatable bonds is 5. The largest absolute Gasteiger partial charge is 0.491 e. The highest BCUT2D eigenvalue weighted by Crippen LogP contribution is 2.16. The average molecular weight is 267 g/mol. The lowest BCUT2D eigenvalue weighted by atomic mass is 9.99. The molecular weight excluding hydrogens is 245 g/mol. The second-order valence-corrected chi connectivity index (χ2v) is 5.40. The molecule has 0 aromatic heterocycles. The molecule has 1 atom stereocenters. The average Bonchev–Trinajstić information content (AvgIpc) is 2.41. The molecule has 0 unspecified atom stereocenters. The van der Waals surface area contributed by atoms with Gasteiger partial charge in [-0.15, -0.1) is 0 Å². The van der Waals surface area contributed by atoms with Gasteiger partial charge in [0.2, 0.25) is 0 Å². The molecular formula is C15H22FNO2. The lowest BCUT2D eigenvalue weighted by Crippen LogP contribution is -2.40. The van der Waals surface area contributed by atoms with Crippen LogP contribution >= 0.6 is 0 Å². The molecule has 1 aromatic rings. The zero-order valence-corrected chi connectivity index (χ0v) is 11.4. The summed E-state index contributed by atoms with van der Waals surface area (Å²) >= 11 is 0. The molecule has 1 aliphatic rings. The predicted octanol–water partition coefficient (Wildman–Crippen LogP) is 2.30. The molecule has 0 aliphatic carbocycles. The zero-order valence-electron chi connectivity index (χ0n) is 11.4. The Morgan fingerprint density at radius 2 is 1.95 bits per heavy atom. The number of halogens is 1. The van der Waals surface area contributed by atoms with Crippen LogP contribution in [0.15, 0.2) is 24.3 Å². The Hall–Kier alpha value is -1.13. The first kappa shape index (κ1) is 14.3. The zero-order chi connectivity index (χ0) is 13.7. The monoisotopic (exact) mass is 267 g/mol. The summed E-state index contributed by atoms with van der Waals surface area (Å²) < 4.78 is 18.2. The topological polar surface area (TPSA) is 32.7 Å². The number of benzene rings is 1. The number of ether oxygens (including phenoxy) is 1. The van der Waals surface area contributed by atoms with E-state index in [1.165, 1.54) is 25.0 Å². The molecule has 3 nitrogen and oxygen atoms in total. The molecule has 1 fully saturated rings. The molecule has 0 amide bonds. The minimum Gasteiger partial charge on any atom is -0.491 e. The van der Waals surface area contributed by atoms with Gasteiger partial charge in [-0.05, 0) is 56.1 Å². The van der Waals surface area contributed by atoms with Crippen LogP contribution in [-0.4, -0.2) is 42.4 Å². The van der Waals surface area contributed by atoms with Gasteiger partial charge in [-0.1, -0.05) is 6.92 Å². The normalized spacial score (nSPS) is 19.3. The summed E-state index contributed by atoms with van der Waals surface area (Å²) in [7, 11) is 0. The van der Waals surface area contributed by atoms with Crippen molar-refractivity contribution in [3.8, 4) is 5.75 Å². The van der Waals surface area contributed by atoms with Gasteiger partial charge in [0.1, 0.15) is 24.3 Å². The smallest absolute Gasteiger partial charge is 0.123 e. The minimum absolute atomic E-state index is 0.248. The molecule has 1 aliphatic heterocycles. The Morgan fingerprint density at radius 3 is 2.58 bits per heavy atom. The highest BCUT2D eigenvalue weighted by atomic mass is 19.1. The first-order chi connectivity index (χ1) is 9.13. The second kappa shape index (κ2) is 6.87. The van der Waals surface area contributed by atoms with Gasteiger partial charge in [-0.3, -0.25) is 0 Å². The van der Waals surface area contributed by atoms with Gasteiger partial charge in [0.05, 0.1) is 0 Å². The molecule has 1 saturated heterocycles. The van der Waals surface area contributed by atoms with Crippen LogP contribution in [0.5, 0.6) is 5.75 Å². The number of β-amino-alcohol motifs (C(OH)–C–C–N with tert-alkyl or cyclic N) is 1. The van der Waals surface area contributed by atoms with E-state index in [-0.39, 0.29) is 12.4 Å². The van der Waals surface area contributed by atoms with Gasteiger partial charge in [-0.25, -0.2) is 4.39 Å². The van der Waals surface area contributed by atoms with Gasteiger partial charge >= 0.3 is 0 Å². The standard InChI is InChI=1S/C15H22FNO2/c1-12-6-8-17(9-7-12)10-14(18)11-19-15-4-2-13(16)3-5-15/h2-5,12,14,18H,6-11H2,1H3/t14-/m0/s1. The van der Waals surface area contributed by atoms with Gasteiger partial charge in [0.25, 0.3) is 0 Å². The molecule has 19 heavy (non-hydrogen) atoms. The molecule has 0 spiro atoms. The first-order valence-electron chi connectivity index (χ1n) is 6.92. The minimum atomic E-state index is -0.501. The number of aliphatic hydroxyl groups excluding tert-OH is 1. The van der Waals surface area contributed by atoms with Crippen LogP contribution in [0, 0.1) is 11.7 Å². The van der Waals surface area contributed by atoms with Crippen molar-refractivity contribution < 1.29 is 14.2 Å². The van der Waals surface area contributed by atoms with E-state index in [0.717, 1.165) is 19.0 Å². The van der Waals surface area contributed by atoms with Crippen molar-refractivity contribution in [2.24, 2.45) is 5.92 Å². The van der Waals surface area contributed by atoms with E-state index in [1.54, 1.807) is 12.1 Å². The van der Waals surface area contributed by atoms with Crippen molar-refractivity contribution in [1.29, 1.82) is 0 Å². The Labute approximate surface area is 114 Å². The fraction of sp³-hybridized carbons (Fsp3) is 0.600. The number of likely N-dealkylation sites (tertiary alicyclic amines) is 1. The van der Waals surface area contributed by atoms with Crippen LogP contribution in [0.2, 0.25) is 0 Å². The third-order valence-corrected chi connectivity index (χ3v) is 3.60. The summed E-state index contributed by atoms with van der Waals surface area (Å²) in [6.07, 6.45) is 1.90. The SMILES string of the molecule is CC1CCN(C[C@H](O)COc2ccc(F)cc2)CC1. The summed E-state index contributed by atoms with van der Waals surface area (Å²) in [5.74, 6) is 1.10. The maximum Gasteiger partial charge on any atom is 0.123 e. The molecule has 1 aromatic carbocycles. The summed E-state index contributed by atoms with van der Waals surface area (Å²) in [5, 5.41) is 9.94. The third-order valence-electron chi connectivity index (χ3n) is 3.60. The summed E-state index contributed by atoms with van der Waals surface area (Å²) in [4.78, 5) is 2.28. The molecule has 1 N–H and O–H groups in total. The Bertz CT molecular complexity index is 374. The van der Waals surface area contributed by atoms with Crippen LogP contribution in [0.1, 0.15) is 19.8 Å². The number of hydrogen-bond donors (Lipinski definition) is 1. The van der Waals surface area contributed by atoms with Crippen molar-refractivity contribution in [2.75, 3.05) is 26.2 Å². The first-order valence-corrected chi connectivity index (χ1v) is 6.92. The van der Waals surface area contributed by atoms with Gasteiger partial charge in [0, 0.05) is 6.54 Å². The highest BCUT2D eigenvalue weighted by molar-refractivity contribution is 5.22. The maximum atomic E-state index is 12.7. The number of hydrogen-bond acceptors (Lipinski definition) is 3. The van der Waals surface area contributed by atoms with Gasteiger partial charge < -0.3 is 14.7 Å². The quantitative estimate of drug-likeness (QED) is 0.888. The molecule has 0 radical (unpaired) electrons. The van der Waals surface area contributed by atoms with Gasteiger partial charge in [0.15, 0.2) is 0 Å². The van der Waals surface area contributed by atoms with E-state index in [4.69, 9.17) is 4.74 Å². The van der Waals surface area contributed by atoms with Crippen LogP contribution < -0.4 is 4.74 Å². The molecule has 4 heteroatoms. The Kier molecular flexibility index (Phi) is 5.16. The molecule has 0 bridgehead atoms. The van der Waals surface area contributed by atoms with Crippen molar-refractivity contribution in [3.05, 3.63) is 30.1 Å². The van der Waals surface area contributed by atoms with Crippen molar-refractivity contribution in [3.63, 3.8) is 0 Å². The highest BCUT2D eigenvalue weighted by Gasteiger charge is 2.18. The van der Waals surface area contributed by atoms with E-state index in [0.29, 0.717) is 12.3 Å². The molecule has 0 saturated carbocycles. The molecule has 2 rings (SSSR count). The Balaban J connectivity index is 1.69. The van der Waals surface area contributed by atoms with Crippen LogP contribution in [-0.2, 0) is 0 Å². The summed E-state index contributed by atoms with van der Waals surface area (Å²) in [5.41, 5.74) is 0. The van der Waals surface area contributed by atoms with Gasteiger partial charge in [-0.2, -0.15) is 0 Å². The predicted molar refractivity (Wildman–Crippen MR) is 72.7 cm³/mol. The van der Waals surface area contributed by atoms with E-state index in [2.05, 4.69) is 11.8 Å². The maximum absolute atomic E-state index is 12.7. The Morgan fingerprint density at radius 1 is 1.32 bits per heavy atom. The van der Waals surface area contributed by atoms with E-state index >= 15 is 0 Å². The van der Waals surface area contributed by atoms with Crippen LogP contribution in [0.3, 0.4) is 0 Å². The lowest BCUT2D eigenvalue weighted by molar-refractivity contribution is 0.0563. The van der Waals surface area contributed by atoms with Crippen molar-refractivity contribution >= 4 is 0 Å². The third kappa shape index (κ3) is 4.80. The number of piperidine rings is 1. The van der Waals surface area contributed by atoms with Crippen molar-refractivity contribution in [2.45, 2.75) is 25.9 Å². The fourth-order valence-electron chi connectivity index (χ4n) is 2.32. The van der Waals surface area contributed by atoms with Crippen LogP contribution in [0.4, 0.5) is 4.39 Å². The van der Waals surface area contributed by atoms with E-state index < -0.39 is 6.10 Å². The number of aliphatic hydroxyl groups is 1.